The molecule has 0 saturated heterocycles. The Balaban J connectivity index is 1.65. The van der Waals surface area contributed by atoms with Gasteiger partial charge in [0.15, 0.2) is 5.78 Å². The highest BCUT2D eigenvalue weighted by molar-refractivity contribution is 6.01. The van der Waals surface area contributed by atoms with Crippen LogP contribution in [0.1, 0.15) is 32.7 Å². The van der Waals surface area contributed by atoms with E-state index in [0.29, 0.717) is 22.4 Å². The third-order valence-electron chi connectivity index (χ3n) is 5.02. The van der Waals surface area contributed by atoms with E-state index >= 15 is 0 Å². The van der Waals surface area contributed by atoms with E-state index in [1.54, 1.807) is 28.9 Å². The van der Waals surface area contributed by atoms with Crippen LogP contribution in [-0.4, -0.2) is 15.6 Å². The fourth-order valence-electron chi connectivity index (χ4n) is 3.49. The molecule has 0 bridgehead atoms. The van der Waals surface area contributed by atoms with Crippen LogP contribution in [0.4, 0.5) is 13.2 Å². The number of ketones is 1. The molecule has 154 valence electrons. The van der Waals surface area contributed by atoms with Crippen molar-refractivity contribution in [3.63, 3.8) is 0 Å². The first-order valence-corrected chi connectivity index (χ1v) is 9.49. The number of alkyl halides is 3. The van der Waals surface area contributed by atoms with E-state index in [4.69, 9.17) is 0 Å². The van der Waals surface area contributed by atoms with Crippen molar-refractivity contribution in [2.75, 3.05) is 0 Å². The van der Waals surface area contributed by atoms with Crippen LogP contribution >= 0.6 is 0 Å². The van der Waals surface area contributed by atoms with E-state index in [1.165, 1.54) is 12.1 Å². The van der Waals surface area contributed by atoms with Gasteiger partial charge in [0.05, 0.1) is 41.4 Å². The number of hydrogen-bond donors (Lipinski definition) is 0. The molecule has 0 aliphatic rings. The summed E-state index contributed by atoms with van der Waals surface area (Å²) in [5.74, 6) is -0.220. The van der Waals surface area contributed by atoms with Crippen molar-refractivity contribution < 1.29 is 18.0 Å². The van der Waals surface area contributed by atoms with Crippen molar-refractivity contribution in [1.82, 2.24) is 9.78 Å². The Bertz CT molecular complexity index is 1300. The summed E-state index contributed by atoms with van der Waals surface area (Å²) in [7, 11) is 0. The summed E-state index contributed by atoms with van der Waals surface area (Å²) in [6, 6.07) is 20.9. The summed E-state index contributed by atoms with van der Waals surface area (Å²) < 4.78 is 40.1. The van der Waals surface area contributed by atoms with E-state index in [9.17, 15) is 23.2 Å². The largest absolute Gasteiger partial charge is 0.416 e. The van der Waals surface area contributed by atoms with Crippen molar-refractivity contribution >= 4 is 16.7 Å². The van der Waals surface area contributed by atoms with E-state index in [2.05, 4.69) is 5.10 Å². The lowest BCUT2D eigenvalue weighted by Crippen LogP contribution is -2.08. The van der Waals surface area contributed by atoms with Gasteiger partial charge in [-0.3, -0.25) is 9.48 Å². The van der Waals surface area contributed by atoms with Crippen LogP contribution in [0.5, 0.6) is 0 Å². The van der Waals surface area contributed by atoms with Crippen molar-refractivity contribution in [1.29, 1.82) is 5.26 Å². The van der Waals surface area contributed by atoms with Crippen molar-refractivity contribution in [2.45, 2.75) is 19.1 Å². The highest BCUT2D eigenvalue weighted by Gasteiger charge is 2.30. The molecule has 0 amide bonds. The zero-order valence-electron chi connectivity index (χ0n) is 16.2. The zero-order valence-corrected chi connectivity index (χ0v) is 16.2. The number of fused-ring (bicyclic) bond motifs is 1. The molecular weight excluding hydrogens is 403 g/mol. The summed E-state index contributed by atoms with van der Waals surface area (Å²) >= 11 is 0. The maximum atomic E-state index is 12.8. The number of halogens is 3. The van der Waals surface area contributed by atoms with Crippen molar-refractivity contribution in [3.05, 3.63) is 101 Å². The van der Waals surface area contributed by atoms with Crippen molar-refractivity contribution in [2.24, 2.45) is 0 Å². The first kappa shape index (κ1) is 20.4. The van der Waals surface area contributed by atoms with Crippen LogP contribution in [-0.2, 0) is 19.1 Å². The number of carbonyl (C=O) groups is 1. The number of benzene rings is 3. The van der Waals surface area contributed by atoms with Gasteiger partial charge >= 0.3 is 6.18 Å². The molecular formula is C24H16F3N3O. The van der Waals surface area contributed by atoms with Gasteiger partial charge in [0.1, 0.15) is 0 Å². The number of carbonyl (C=O) groups excluding carboxylic acids is 1. The number of nitriles is 1. The molecule has 0 fully saturated rings. The molecule has 0 atom stereocenters. The van der Waals surface area contributed by atoms with Gasteiger partial charge in [-0.25, -0.2) is 0 Å². The van der Waals surface area contributed by atoms with Gasteiger partial charge in [-0.2, -0.15) is 23.5 Å². The Hall–Kier alpha value is -3.92. The quantitative estimate of drug-likeness (QED) is 0.407. The van der Waals surface area contributed by atoms with Gasteiger partial charge in [-0.1, -0.05) is 48.5 Å². The summed E-state index contributed by atoms with van der Waals surface area (Å²) in [6.07, 6.45) is -4.37. The number of aromatic nitrogens is 2. The molecule has 0 saturated carbocycles. The molecule has 1 heterocycles. The Labute approximate surface area is 176 Å². The minimum absolute atomic E-state index is 0.0131. The average Bonchev–Trinajstić information content (AvgIpc) is 3.10. The fraction of sp³-hybridized carbons (Fsp3) is 0.125. The predicted octanol–water partition coefficient (Wildman–Crippen LogP) is 5.40. The second-order valence-corrected chi connectivity index (χ2v) is 7.07. The van der Waals surface area contributed by atoms with Gasteiger partial charge in [-0.15, -0.1) is 0 Å². The minimum Gasteiger partial charge on any atom is -0.294 e. The molecule has 0 aliphatic heterocycles. The predicted molar refractivity (Wildman–Crippen MR) is 109 cm³/mol. The average molecular weight is 419 g/mol. The number of hydrogen-bond acceptors (Lipinski definition) is 3. The maximum absolute atomic E-state index is 12.8. The van der Waals surface area contributed by atoms with Gasteiger partial charge < -0.3 is 0 Å². The number of rotatable bonds is 5. The standard InChI is InChI=1S/C24H16F3N3O/c25-24(26,27)18-11-9-16(10-12-18)15-30-22-8-4-3-7-20(22)21(29-30)13-23(31)19-6-2-1-5-17(19)14-28/h1-12H,13,15H2. The van der Waals surface area contributed by atoms with E-state index in [0.717, 1.165) is 23.0 Å². The Morgan fingerprint density at radius 1 is 0.968 bits per heavy atom. The molecule has 1 aromatic heterocycles. The van der Waals surface area contributed by atoms with Crippen LogP contribution < -0.4 is 0 Å². The second-order valence-electron chi connectivity index (χ2n) is 7.07. The molecule has 4 aromatic rings. The SMILES string of the molecule is N#Cc1ccccc1C(=O)Cc1nn(Cc2ccc(C(F)(F)F)cc2)c2ccccc12. The van der Waals surface area contributed by atoms with E-state index < -0.39 is 11.7 Å². The lowest BCUT2D eigenvalue weighted by atomic mass is 10.0. The van der Waals surface area contributed by atoms with Crippen LogP contribution in [0.25, 0.3) is 10.9 Å². The highest BCUT2D eigenvalue weighted by Crippen LogP contribution is 2.29. The van der Waals surface area contributed by atoms with Gasteiger partial charge in [-0.05, 0) is 29.8 Å². The normalized spacial score (nSPS) is 11.4. The summed E-state index contributed by atoms with van der Waals surface area (Å²) in [5.41, 5.74) is 1.93. The Kier molecular flexibility index (Phi) is 5.30. The number of Topliss-reactive ketones (excluding diaryl/α,β-unsaturated/α-hetero) is 1. The molecule has 3 aromatic carbocycles. The van der Waals surface area contributed by atoms with Crippen LogP contribution in [0.2, 0.25) is 0 Å². The molecule has 0 aliphatic carbocycles. The Morgan fingerprint density at radius 3 is 2.35 bits per heavy atom. The number of para-hydroxylation sites is 1. The molecule has 0 spiro atoms. The van der Waals surface area contributed by atoms with Crippen LogP contribution in [0.3, 0.4) is 0 Å². The van der Waals surface area contributed by atoms with E-state index in [1.807, 2.05) is 30.3 Å². The summed E-state index contributed by atoms with van der Waals surface area (Å²) in [5, 5.41) is 14.6. The zero-order chi connectivity index (χ0) is 22.0. The molecule has 4 rings (SSSR count). The minimum atomic E-state index is -4.38. The molecule has 0 radical (unpaired) electrons. The fourth-order valence-corrected chi connectivity index (χ4v) is 3.49. The van der Waals surface area contributed by atoms with Crippen LogP contribution in [0.15, 0.2) is 72.8 Å². The lowest BCUT2D eigenvalue weighted by Gasteiger charge is -2.08. The monoisotopic (exact) mass is 419 g/mol. The highest BCUT2D eigenvalue weighted by atomic mass is 19.4. The van der Waals surface area contributed by atoms with Crippen LogP contribution in [0, 0.1) is 11.3 Å². The number of nitrogens with zero attached hydrogens (tertiary/aromatic N) is 3. The first-order chi connectivity index (χ1) is 14.9. The summed E-state index contributed by atoms with van der Waals surface area (Å²) in [4.78, 5) is 12.8. The third kappa shape index (κ3) is 4.19. The van der Waals surface area contributed by atoms with Gasteiger partial charge in [0.2, 0.25) is 0 Å². The van der Waals surface area contributed by atoms with Gasteiger partial charge in [0.25, 0.3) is 0 Å². The van der Waals surface area contributed by atoms with Gasteiger partial charge in [0, 0.05) is 10.9 Å². The molecule has 31 heavy (non-hydrogen) atoms. The molecule has 0 N–H and O–H groups in total. The smallest absolute Gasteiger partial charge is 0.294 e. The van der Waals surface area contributed by atoms with E-state index in [-0.39, 0.29) is 18.7 Å². The molecule has 4 nitrogen and oxygen atoms in total. The topological polar surface area (TPSA) is 58.7 Å². The van der Waals surface area contributed by atoms with Crippen molar-refractivity contribution in [3.8, 4) is 6.07 Å². The third-order valence-corrected chi connectivity index (χ3v) is 5.02. The first-order valence-electron chi connectivity index (χ1n) is 9.49. The molecule has 0 unspecified atom stereocenters. The molecule has 7 heteroatoms. The second kappa shape index (κ2) is 8.07. The summed E-state index contributed by atoms with van der Waals surface area (Å²) in [6.45, 7) is 0.265. The lowest BCUT2D eigenvalue weighted by molar-refractivity contribution is -0.137. The maximum Gasteiger partial charge on any atom is 0.416 e. The Morgan fingerprint density at radius 2 is 1.65 bits per heavy atom.